The average molecular weight is 348 g/mol. The molecule has 0 saturated carbocycles. The van der Waals surface area contributed by atoms with Gasteiger partial charge in [0.2, 0.25) is 0 Å². The Morgan fingerprint density at radius 3 is 2.88 bits per heavy atom. The predicted octanol–water partition coefficient (Wildman–Crippen LogP) is 2.33. The molecule has 3 aromatic heterocycles. The minimum atomic E-state index is -0.364. The quantitative estimate of drug-likeness (QED) is 0.524. The van der Waals surface area contributed by atoms with Gasteiger partial charge >= 0.3 is 0 Å². The van der Waals surface area contributed by atoms with Crippen molar-refractivity contribution in [2.45, 2.75) is 13.7 Å². The fraction of sp³-hybridized carbons (Fsp3) is 0.111. The number of fused-ring (bicyclic) bond motifs is 1. The number of aromatic nitrogens is 5. The summed E-state index contributed by atoms with van der Waals surface area (Å²) >= 11 is 0. The van der Waals surface area contributed by atoms with Crippen molar-refractivity contribution < 1.29 is 9.90 Å². The van der Waals surface area contributed by atoms with Crippen molar-refractivity contribution in [2.75, 3.05) is 5.32 Å². The Morgan fingerprint density at radius 2 is 2.15 bits per heavy atom. The average Bonchev–Trinajstić information content (AvgIpc) is 3.29. The topological polar surface area (TPSA) is 109 Å². The molecule has 0 saturated heterocycles. The van der Waals surface area contributed by atoms with Crippen LogP contribution >= 0.6 is 0 Å². The van der Waals surface area contributed by atoms with Gasteiger partial charge in [-0.2, -0.15) is 5.10 Å². The number of nitrogens with one attached hydrogen (secondary N) is 2. The van der Waals surface area contributed by atoms with Crippen LogP contribution in [-0.2, 0) is 6.73 Å². The lowest BCUT2D eigenvalue weighted by Gasteiger charge is -2.09. The van der Waals surface area contributed by atoms with Gasteiger partial charge in [0.05, 0.1) is 11.9 Å². The molecule has 4 aromatic rings. The van der Waals surface area contributed by atoms with E-state index in [0.717, 1.165) is 16.8 Å². The third kappa shape index (κ3) is 2.72. The van der Waals surface area contributed by atoms with Crippen LogP contribution in [0.25, 0.3) is 22.4 Å². The van der Waals surface area contributed by atoms with E-state index in [4.69, 9.17) is 0 Å². The standard InChI is InChI=1S/C18H16N6O2/c1-11-4-2-3-5-12(11)15-8-14-17(24(15)10-25)21-16(9-19-14)22-18(26)13-6-7-20-23-13/h2-9,25H,10H2,1H3,(H,20,23)(H,21,22,26). The zero-order valence-corrected chi connectivity index (χ0v) is 14.0. The largest absolute Gasteiger partial charge is 0.376 e. The highest BCUT2D eigenvalue weighted by molar-refractivity contribution is 6.02. The van der Waals surface area contributed by atoms with E-state index in [1.54, 1.807) is 10.6 Å². The SMILES string of the molecule is Cc1ccccc1-c1cc2ncc(NC(=O)c3ccn[nH]3)nc2n1CO. The number of rotatable bonds is 4. The van der Waals surface area contributed by atoms with Crippen molar-refractivity contribution in [1.29, 1.82) is 0 Å². The van der Waals surface area contributed by atoms with E-state index in [9.17, 15) is 9.90 Å². The first-order valence-corrected chi connectivity index (χ1v) is 8.01. The maximum absolute atomic E-state index is 12.1. The number of benzene rings is 1. The molecule has 3 heterocycles. The first-order valence-electron chi connectivity index (χ1n) is 8.01. The highest BCUT2D eigenvalue weighted by Crippen LogP contribution is 2.29. The van der Waals surface area contributed by atoms with Crippen LogP contribution in [0, 0.1) is 6.92 Å². The van der Waals surface area contributed by atoms with Gasteiger partial charge in [-0.25, -0.2) is 9.97 Å². The number of nitrogens with zero attached hydrogens (tertiary/aromatic N) is 4. The van der Waals surface area contributed by atoms with Crippen LogP contribution in [0.2, 0.25) is 0 Å². The van der Waals surface area contributed by atoms with E-state index in [2.05, 4.69) is 25.5 Å². The van der Waals surface area contributed by atoms with E-state index in [1.165, 1.54) is 12.4 Å². The number of aliphatic hydroxyl groups excluding tert-OH is 1. The molecule has 4 rings (SSSR count). The number of anilines is 1. The first kappa shape index (κ1) is 16.0. The summed E-state index contributed by atoms with van der Waals surface area (Å²) in [5.41, 5.74) is 4.34. The van der Waals surface area contributed by atoms with Crippen LogP contribution in [0.1, 0.15) is 16.1 Å². The normalized spacial score (nSPS) is 11.0. The van der Waals surface area contributed by atoms with Gasteiger partial charge in [-0.05, 0) is 24.6 Å². The second-order valence-electron chi connectivity index (χ2n) is 5.80. The maximum Gasteiger partial charge on any atom is 0.274 e. The molecule has 0 aliphatic rings. The molecule has 0 aliphatic heterocycles. The summed E-state index contributed by atoms with van der Waals surface area (Å²) < 4.78 is 1.66. The molecule has 0 bridgehead atoms. The fourth-order valence-corrected chi connectivity index (χ4v) is 2.86. The van der Waals surface area contributed by atoms with Gasteiger partial charge in [0.25, 0.3) is 5.91 Å². The van der Waals surface area contributed by atoms with Crippen molar-refractivity contribution in [3.8, 4) is 11.3 Å². The number of hydrogen-bond donors (Lipinski definition) is 3. The Hall–Kier alpha value is -3.52. The number of aryl methyl sites for hydroxylation is 1. The first-order chi connectivity index (χ1) is 12.7. The van der Waals surface area contributed by atoms with Crippen LogP contribution in [0.15, 0.2) is 48.8 Å². The molecule has 0 aliphatic carbocycles. The van der Waals surface area contributed by atoms with Gasteiger partial charge in [-0.1, -0.05) is 24.3 Å². The number of aliphatic hydroxyl groups is 1. The van der Waals surface area contributed by atoms with Crippen molar-refractivity contribution in [3.05, 3.63) is 60.0 Å². The van der Waals surface area contributed by atoms with Gasteiger partial charge in [0.15, 0.2) is 11.5 Å². The molecule has 0 fully saturated rings. The van der Waals surface area contributed by atoms with Gasteiger partial charge in [0, 0.05) is 11.8 Å². The number of aromatic amines is 1. The Bertz CT molecular complexity index is 1080. The number of H-pyrrole nitrogens is 1. The van der Waals surface area contributed by atoms with Crippen molar-refractivity contribution in [2.24, 2.45) is 0 Å². The second-order valence-corrected chi connectivity index (χ2v) is 5.80. The van der Waals surface area contributed by atoms with E-state index < -0.39 is 0 Å². The highest BCUT2D eigenvalue weighted by Gasteiger charge is 2.15. The van der Waals surface area contributed by atoms with Crippen LogP contribution in [-0.4, -0.2) is 35.7 Å². The van der Waals surface area contributed by atoms with Crippen molar-refractivity contribution >= 4 is 22.9 Å². The molecule has 0 radical (unpaired) electrons. The molecule has 26 heavy (non-hydrogen) atoms. The Balaban J connectivity index is 1.76. The zero-order valence-electron chi connectivity index (χ0n) is 14.0. The third-order valence-electron chi connectivity index (χ3n) is 4.15. The molecular formula is C18H16N6O2. The Kier molecular flexibility index (Phi) is 3.94. The van der Waals surface area contributed by atoms with Gasteiger partial charge in [-0.3, -0.25) is 9.89 Å². The summed E-state index contributed by atoms with van der Waals surface area (Å²) in [6.45, 7) is 1.76. The van der Waals surface area contributed by atoms with Crippen molar-refractivity contribution in [1.82, 2.24) is 24.7 Å². The number of carbonyl (C=O) groups excluding carboxylic acids is 1. The van der Waals surface area contributed by atoms with Gasteiger partial charge < -0.3 is 15.0 Å². The number of hydrogen-bond acceptors (Lipinski definition) is 5. The molecule has 1 amide bonds. The molecule has 0 spiro atoms. The number of carbonyl (C=O) groups is 1. The molecule has 0 atom stereocenters. The summed E-state index contributed by atoms with van der Waals surface area (Å²) in [6, 6.07) is 11.3. The lowest BCUT2D eigenvalue weighted by molar-refractivity contribution is 0.102. The lowest BCUT2D eigenvalue weighted by atomic mass is 10.1. The Morgan fingerprint density at radius 1 is 1.31 bits per heavy atom. The van der Waals surface area contributed by atoms with Gasteiger partial charge in [0.1, 0.15) is 17.9 Å². The fourth-order valence-electron chi connectivity index (χ4n) is 2.86. The molecule has 1 aromatic carbocycles. The second kappa shape index (κ2) is 6.41. The maximum atomic E-state index is 12.1. The summed E-state index contributed by atoms with van der Waals surface area (Å²) in [4.78, 5) is 20.9. The summed E-state index contributed by atoms with van der Waals surface area (Å²) in [5.74, 6) is -0.0707. The Labute approximate surface area is 148 Å². The van der Waals surface area contributed by atoms with E-state index in [-0.39, 0.29) is 12.6 Å². The highest BCUT2D eigenvalue weighted by atomic mass is 16.3. The molecule has 3 N–H and O–H groups in total. The predicted molar refractivity (Wildman–Crippen MR) is 96.5 cm³/mol. The van der Waals surface area contributed by atoms with Gasteiger partial charge in [-0.15, -0.1) is 0 Å². The molecule has 8 nitrogen and oxygen atoms in total. The smallest absolute Gasteiger partial charge is 0.274 e. The lowest BCUT2D eigenvalue weighted by Crippen LogP contribution is -2.14. The zero-order chi connectivity index (χ0) is 18.1. The molecule has 0 unspecified atom stereocenters. The van der Waals surface area contributed by atoms with E-state index in [0.29, 0.717) is 22.7 Å². The minimum Gasteiger partial charge on any atom is -0.376 e. The van der Waals surface area contributed by atoms with Crippen LogP contribution in [0.4, 0.5) is 5.82 Å². The summed E-state index contributed by atoms with van der Waals surface area (Å²) in [6.07, 6.45) is 2.98. The molecule has 8 heteroatoms. The van der Waals surface area contributed by atoms with Crippen LogP contribution in [0.3, 0.4) is 0 Å². The van der Waals surface area contributed by atoms with E-state index in [1.807, 2.05) is 37.3 Å². The minimum absolute atomic E-state index is 0.250. The molecular weight excluding hydrogens is 332 g/mol. The monoisotopic (exact) mass is 348 g/mol. The molecule has 130 valence electrons. The van der Waals surface area contributed by atoms with Crippen LogP contribution in [0.5, 0.6) is 0 Å². The number of amides is 1. The summed E-state index contributed by atoms with van der Waals surface area (Å²) in [7, 11) is 0. The van der Waals surface area contributed by atoms with E-state index >= 15 is 0 Å². The van der Waals surface area contributed by atoms with Crippen molar-refractivity contribution in [3.63, 3.8) is 0 Å². The summed E-state index contributed by atoms with van der Waals surface area (Å²) in [5, 5.41) is 18.9. The third-order valence-corrected chi connectivity index (χ3v) is 4.15. The van der Waals surface area contributed by atoms with Crippen LogP contribution < -0.4 is 5.32 Å².